The van der Waals surface area contributed by atoms with Crippen molar-refractivity contribution >= 4 is 23.7 Å². The van der Waals surface area contributed by atoms with Gasteiger partial charge < -0.3 is 31.6 Å². The Balaban J connectivity index is 2.10. The fourth-order valence-electron chi connectivity index (χ4n) is 2.89. The average Bonchev–Trinajstić information content (AvgIpc) is 2.77. The topological polar surface area (TPSA) is 155 Å². The molecule has 3 amide bonds. The Morgan fingerprint density at radius 3 is 1.77 bits per heavy atom. The van der Waals surface area contributed by atoms with Crippen LogP contribution < -0.4 is 26.8 Å². The molecule has 2 atom stereocenters. The smallest absolute Gasteiger partial charge is 0.275 e. The lowest BCUT2D eigenvalue weighted by Gasteiger charge is -2.24. The molecule has 0 bridgehead atoms. The minimum absolute atomic E-state index is 0.0199. The van der Waals surface area contributed by atoms with Crippen LogP contribution in [0, 0.1) is 0 Å². The predicted octanol–water partition coefficient (Wildman–Crippen LogP) is -2.45. The summed E-state index contributed by atoms with van der Waals surface area (Å²) in [6, 6.07) is 15.5. The number of benzene rings is 2. The van der Waals surface area contributed by atoms with Crippen molar-refractivity contribution in [1.82, 2.24) is 16.0 Å². The van der Waals surface area contributed by atoms with Gasteiger partial charge >= 0.3 is 0 Å². The maximum Gasteiger partial charge on any atom is 0.275 e. The van der Waals surface area contributed by atoms with E-state index in [2.05, 4.69) is 21.7 Å². The third-order valence-electron chi connectivity index (χ3n) is 4.49. The fourth-order valence-corrected chi connectivity index (χ4v) is 2.89. The van der Waals surface area contributed by atoms with Gasteiger partial charge in [0.1, 0.15) is 6.04 Å². The molecular formula is C22H26N4O5. The molecule has 6 N–H and O–H groups in total. The number of carbonyl (C=O) groups excluding carboxylic acids is 4. The van der Waals surface area contributed by atoms with E-state index in [1.54, 1.807) is 54.6 Å². The van der Waals surface area contributed by atoms with Gasteiger partial charge in [0.2, 0.25) is 11.8 Å². The molecule has 0 saturated carbocycles. The van der Waals surface area contributed by atoms with Crippen LogP contribution in [-0.2, 0) is 32.0 Å². The first-order valence-corrected chi connectivity index (χ1v) is 9.83. The maximum atomic E-state index is 12.9. The van der Waals surface area contributed by atoms with Crippen LogP contribution >= 0.6 is 0 Å². The van der Waals surface area contributed by atoms with Crippen molar-refractivity contribution < 1.29 is 30.0 Å². The molecule has 0 aromatic heterocycles. The summed E-state index contributed by atoms with van der Waals surface area (Å²) >= 11 is 0. The van der Waals surface area contributed by atoms with Crippen LogP contribution in [0.2, 0.25) is 0 Å². The number of hydrogen-bond acceptors (Lipinski definition) is 5. The molecule has 0 spiro atoms. The van der Waals surface area contributed by atoms with Crippen molar-refractivity contribution in [1.29, 1.82) is 0 Å². The van der Waals surface area contributed by atoms with Crippen LogP contribution in [0.4, 0.5) is 0 Å². The van der Waals surface area contributed by atoms with Crippen LogP contribution in [0.5, 0.6) is 0 Å². The van der Waals surface area contributed by atoms with Crippen LogP contribution in [0.1, 0.15) is 11.1 Å². The van der Waals surface area contributed by atoms with Gasteiger partial charge in [0.05, 0.1) is 18.6 Å². The summed E-state index contributed by atoms with van der Waals surface area (Å²) in [5.41, 5.74) is 4.92. The van der Waals surface area contributed by atoms with Crippen molar-refractivity contribution in [3.8, 4) is 0 Å². The third-order valence-corrected chi connectivity index (χ3v) is 4.49. The molecule has 0 fully saturated rings. The third kappa shape index (κ3) is 8.27. The second kappa shape index (κ2) is 12.1. The molecule has 31 heavy (non-hydrogen) atoms. The van der Waals surface area contributed by atoms with E-state index in [0.29, 0.717) is 0 Å². The van der Waals surface area contributed by atoms with E-state index < -0.39 is 35.8 Å². The summed E-state index contributed by atoms with van der Waals surface area (Å²) in [5, 5.41) is 19.0. The Bertz CT molecular complexity index is 889. The minimum Gasteiger partial charge on any atom is -0.548 e. The summed E-state index contributed by atoms with van der Waals surface area (Å²) in [5.74, 6) is -3.07. The molecule has 0 aliphatic carbocycles. The van der Waals surface area contributed by atoms with E-state index in [1.807, 2.05) is 6.07 Å². The van der Waals surface area contributed by atoms with Gasteiger partial charge in [0.15, 0.2) is 6.54 Å². The number of carboxylic acids is 1. The van der Waals surface area contributed by atoms with Crippen molar-refractivity contribution in [2.45, 2.75) is 24.9 Å². The van der Waals surface area contributed by atoms with Crippen LogP contribution in [0.25, 0.3) is 0 Å². The summed E-state index contributed by atoms with van der Waals surface area (Å²) in [6.07, 6.45) is 0.188. The minimum atomic E-state index is -1.43. The summed E-state index contributed by atoms with van der Waals surface area (Å²) in [6.45, 7) is -0.338. The normalized spacial score (nSPS) is 12.3. The number of carbonyl (C=O) groups is 4. The molecule has 0 radical (unpaired) electrons. The van der Waals surface area contributed by atoms with Crippen LogP contribution in [0.15, 0.2) is 60.7 Å². The number of rotatable bonds is 11. The molecule has 0 aliphatic rings. The molecule has 2 aromatic rings. The molecule has 9 nitrogen and oxygen atoms in total. The molecule has 164 valence electrons. The second-order valence-corrected chi connectivity index (χ2v) is 6.91. The standard InChI is InChI=1S/C22H26N4O5/c23-13-19(27)24-14-20(28)25-17(11-15-7-3-1-4-8-15)21(29)26-18(22(30)31)12-16-9-5-2-6-10-16/h1-10,17-18H,11-14,23H2,(H,24,27)(H,25,28)(H,26,29)(H,30,31)/t17-,18+/m0/s1. The monoisotopic (exact) mass is 426 g/mol. The highest BCUT2D eigenvalue weighted by molar-refractivity contribution is 5.92. The highest BCUT2D eigenvalue weighted by atomic mass is 16.4. The van der Waals surface area contributed by atoms with Gasteiger partial charge in [-0.25, -0.2) is 0 Å². The Morgan fingerprint density at radius 1 is 0.774 bits per heavy atom. The number of nitrogens with one attached hydrogen (secondary N) is 3. The van der Waals surface area contributed by atoms with E-state index in [-0.39, 0.29) is 25.9 Å². The zero-order valence-electron chi connectivity index (χ0n) is 17.0. The number of amides is 3. The first-order valence-electron chi connectivity index (χ1n) is 9.83. The fraction of sp³-hybridized carbons (Fsp3) is 0.273. The largest absolute Gasteiger partial charge is 0.548 e. The van der Waals surface area contributed by atoms with Crippen molar-refractivity contribution in [3.05, 3.63) is 71.8 Å². The Hall–Kier alpha value is -3.72. The summed E-state index contributed by atoms with van der Waals surface area (Å²) in [4.78, 5) is 48.0. The molecule has 0 unspecified atom stereocenters. The van der Waals surface area contributed by atoms with Crippen molar-refractivity contribution in [3.63, 3.8) is 0 Å². The van der Waals surface area contributed by atoms with E-state index in [9.17, 15) is 24.3 Å². The second-order valence-electron chi connectivity index (χ2n) is 6.91. The van der Waals surface area contributed by atoms with E-state index in [1.165, 1.54) is 0 Å². The highest BCUT2D eigenvalue weighted by Gasteiger charge is 2.24. The zero-order valence-corrected chi connectivity index (χ0v) is 17.0. The van der Waals surface area contributed by atoms with Gasteiger partial charge in [-0.2, -0.15) is 0 Å². The first kappa shape index (κ1) is 23.6. The van der Waals surface area contributed by atoms with E-state index >= 15 is 0 Å². The van der Waals surface area contributed by atoms with Gasteiger partial charge in [-0.15, -0.1) is 0 Å². The molecule has 0 heterocycles. The zero-order chi connectivity index (χ0) is 22.6. The lowest BCUT2D eigenvalue weighted by atomic mass is 10.0. The SMILES string of the molecule is [NH3+]CC(=O)NCC(=O)N[C@@H](Cc1ccccc1)C(=O)N[C@H](Cc1ccccc1)C(=O)[O-]. The van der Waals surface area contributed by atoms with Gasteiger partial charge in [0.25, 0.3) is 5.91 Å². The number of carboxylic acid groups (broad SMARTS) is 1. The summed E-state index contributed by atoms with van der Waals surface area (Å²) in [7, 11) is 0. The number of hydrogen-bond donors (Lipinski definition) is 4. The quantitative estimate of drug-likeness (QED) is 0.314. The Morgan fingerprint density at radius 2 is 1.29 bits per heavy atom. The average molecular weight is 426 g/mol. The summed E-state index contributed by atoms with van der Waals surface area (Å²) < 4.78 is 0. The Kier molecular flexibility index (Phi) is 9.18. The van der Waals surface area contributed by atoms with Gasteiger partial charge in [-0.05, 0) is 17.5 Å². The Labute approximate surface area is 180 Å². The molecule has 2 aromatic carbocycles. The predicted molar refractivity (Wildman–Crippen MR) is 110 cm³/mol. The molecule has 0 aliphatic heterocycles. The van der Waals surface area contributed by atoms with Gasteiger partial charge in [0, 0.05) is 6.42 Å². The molecular weight excluding hydrogens is 400 g/mol. The van der Waals surface area contributed by atoms with Gasteiger partial charge in [-0.3, -0.25) is 14.4 Å². The van der Waals surface area contributed by atoms with Gasteiger partial charge in [-0.1, -0.05) is 60.7 Å². The number of aliphatic carboxylic acids is 1. The lowest BCUT2D eigenvalue weighted by molar-refractivity contribution is -0.355. The highest BCUT2D eigenvalue weighted by Crippen LogP contribution is 2.06. The molecule has 0 saturated heterocycles. The van der Waals surface area contributed by atoms with E-state index in [4.69, 9.17) is 0 Å². The maximum absolute atomic E-state index is 12.9. The van der Waals surface area contributed by atoms with Crippen molar-refractivity contribution in [2.75, 3.05) is 13.1 Å². The first-order chi connectivity index (χ1) is 14.9. The van der Waals surface area contributed by atoms with Crippen LogP contribution in [0.3, 0.4) is 0 Å². The number of quaternary nitrogens is 1. The molecule has 2 rings (SSSR count). The molecule has 9 heteroatoms. The lowest BCUT2D eigenvalue weighted by Crippen LogP contribution is -2.59. The van der Waals surface area contributed by atoms with E-state index in [0.717, 1.165) is 11.1 Å². The van der Waals surface area contributed by atoms with Crippen molar-refractivity contribution in [2.24, 2.45) is 0 Å². The van der Waals surface area contributed by atoms with Crippen LogP contribution in [-0.4, -0.2) is 48.9 Å².